The summed E-state index contributed by atoms with van der Waals surface area (Å²) in [5.74, 6) is 0. The third-order valence-corrected chi connectivity index (χ3v) is 1.74. The van der Waals surface area contributed by atoms with Gasteiger partial charge >= 0.3 is 0 Å². The fourth-order valence-corrected chi connectivity index (χ4v) is 0.893. The Kier molecular flexibility index (Phi) is 10.2. The molecular formula is C7H18BrNO5. The Hall–Kier alpha value is 0.240. The van der Waals surface area contributed by atoms with Crippen LogP contribution in [0.4, 0.5) is 0 Å². The zero-order chi connectivity index (χ0) is 10.4. The van der Waals surface area contributed by atoms with E-state index in [0.717, 1.165) is 0 Å². The lowest BCUT2D eigenvalue weighted by atomic mass is 10.0. The highest BCUT2D eigenvalue weighted by Gasteiger charge is 2.29. The molecule has 0 amide bonds. The highest BCUT2D eigenvalue weighted by molar-refractivity contribution is 8.93. The van der Waals surface area contributed by atoms with Crippen LogP contribution >= 0.6 is 17.0 Å². The molecule has 0 aromatic heterocycles. The lowest BCUT2D eigenvalue weighted by Gasteiger charge is -2.25. The third kappa shape index (κ3) is 5.20. The van der Waals surface area contributed by atoms with Gasteiger partial charge in [-0.2, -0.15) is 0 Å². The van der Waals surface area contributed by atoms with E-state index >= 15 is 0 Å². The Bertz CT molecular complexity index is 139. The maximum Gasteiger partial charge on any atom is 0.111 e. The summed E-state index contributed by atoms with van der Waals surface area (Å²) in [4.78, 5) is 0. The van der Waals surface area contributed by atoms with E-state index in [4.69, 9.17) is 20.4 Å². The number of aliphatic hydroxyl groups is 5. The molecule has 6 nitrogen and oxygen atoms in total. The molecular weight excluding hydrogens is 258 g/mol. The number of nitrogens with one attached hydrogen (secondary N) is 1. The molecule has 0 bridgehead atoms. The van der Waals surface area contributed by atoms with E-state index in [9.17, 15) is 5.11 Å². The van der Waals surface area contributed by atoms with Gasteiger partial charge in [0.15, 0.2) is 0 Å². The Balaban J connectivity index is 0. The molecule has 0 saturated carbocycles. The zero-order valence-corrected chi connectivity index (χ0v) is 9.58. The van der Waals surface area contributed by atoms with Gasteiger partial charge in [0.2, 0.25) is 0 Å². The van der Waals surface area contributed by atoms with Crippen molar-refractivity contribution in [3.8, 4) is 0 Å². The number of aliphatic hydroxyl groups excluding tert-OH is 5. The molecule has 14 heavy (non-hydrogen) atoms. The molecule has 4 atom stereocenters. The second-order valence-electron chi connectivity index (χ2n) is 2.86. The van der Waals surface area contributed by atoms with Crippen molar-refractivity contribution in [3.05, 3.63) is 0 Å². The van der Waals surface area contributed by atoms with E-state index in [1.54, 1.807) is 7.05 Å². The summed E-state index contributed by atoms with van der Waals surface area (Å²) in [6.07, 6.45) is -5.65. The SMILES string of the molecule is Br.CNC[C@@H](O)[C@H](O)[C@H](O)[C@@H](O)CO. The molecule has 88 valence electrons. The third-order valence-electron chi connectivity index (χ3n) is 1.74. The van der Waals surface area contributed by atoms with Crippen molar-refractivity contribution in [2.24, 2.45) is 0 Å². The molecule has 0 saturated heterocycles. The smallest absolute Gasteiger partial charge is 0.111 e. The molecule has 0 aliphatic carbocycles. The van der Waals surface area contributed by atoms with Crippen molar-refractivity contribution in [2.45, 2.75) is 24.4 Å². The molecule has 0 aromatic rings. The van der Waals surface area contributed by atoms with Crippen LogP contribution in [0.1, 0.15) is 0 Å². The van der Waals surface area contributed by atoms with E-state index in [1.807, 2.05) is 0 Å². The van der Waals surface area contributed by atoms with Crippen molar-refractivity contribution < 1.29 is 25.5 Å². The summed E-state index contributed by atoms with van der Waals surface area (Å²) in [5.41, 5.74) is 0. The average molecular weight is 276 g/mol. The monoisotopic (exact) mass is 275 g/mol. The van der Waals surface area contributed by atoms with Gasteiger partial charge in [0.1, 0.15) is 18.3 Å². The molecule has 0 fully saturated rings. The first-order valence-electron chi connectivity index (χ1n) is 4.02. The van der Waals surface area contributed by atoms with Gasteiger partial charge < -0.3 is 30.8 Å². The largest absolute Gasteiger partial charge is 0.394 e. The molecule has 0 aliphatic heterocycles. The zero-order valence-electron chi connectivity index (χ0n) is 7.87. The first-order chi connectivity index (χ1) is 6.04. The summed E-state index contributed by atoms with van der Waals surface area (Å²) in [7, 11) is 1.57. The standard InChI is InChI=1S/C7H17NO5.BrH/c1-8-2-4(10)6(12)7(13)5(11)3-9;/h4-13H,2-3H2,1H3;1H/t4-,5+,6+,7-;/m1./s1. The Morgan fingerprint density at radius 3 is 1.79 bits per heavy atom. The number of halogens is 1. The lowest BCUT2D eigenvalue weighted by Crippen LogP contribution is -2.48. The van der Waals surface area contributed by atoms with E-state index in [1.165, 1.54) is 0 Å². The second-order valence-corrected chi connectivity index (χ2v) is 2.86. The van der Waals surface area contributed by atoms with Crippen LogP contribution in [0.3, 0.4) is 0 Å². The summed E-state index contributed by atoms with van der Waals surface area (Å²) in [6, 6.07) is 0. The molecule has 0 radical (unpaired) electrons. The molecule has 6 N–H and O–H groups in total. The summed E-state index contributed by atoms with van der Waals surface area (Å²) < 4.78 is 0. The topological polar surface area (TPSA) is 113 Å². The maximum absolute atomic E-state index is 9.21. The minimum Gasteiger partial charge on any atom is -0.394 e. The van der Waals surface area contributed by atoms with Crippen LogP contribution in [0.2, 0.25) is 0 Å². The van der Waals surface area contributed by atoms with Crippen LogP contribution < -0.4 is 5.32 Å². The number of likely N-dealkylation sites (N-methyl/N-ethyl adjacent to an activating group) is 1. The van der Waals surface area contributed by atoms with E-state index in [2.05, 4.69) is 5.32 Å². The van der Waals surface area contributed by atoms with E-state index < -0.39 is 31.0 Å². The highest BCUT2D eigenvalue weighted by atomic mass is 79.9. The summed E-state index contributed by atoms with van der Waals surface area (Å²) in [5, 5.41) is 47.5. The van der Waals surface area contributed by atoms with Crippen LogP contribution in [-0.2, 0) is 0 Å². The van der Waals surface area contributed by atoms with E-state index in [-0.39, 0.29) is 23.5 Å². The summed E-state index contributed by atoms with van der Waals surface area (Å²) in [6.45, 7) is -0.569. The summed E-state index contributed by atoms with van der Waals surface area (Å²) >= 11 is 0. The lowest BCUT2D eigenvalue weighted by molar-refractivity contribution is -0.113. The van der Waals surface area contributed by atoms with Crippen molar-refractivity contribution in [1.82, 2.24) is 5.32 Å². The molecule has 0 unspecified atom stereocenters. The number of rotatable bonds is 6. The van der Waals surface area contributed by atoms with Gasteiger partial charge in [-0.1, -0.05) is 0 Å². The Labute approximate surface area is 93.0 Å². The molecule has 0 heterocycles. The quantitative estimate of drug-likeness (QED) is 0.313. The molecule has 0 rings (SSSR count). The average Bonchev–Trinajstić information content (AvgIpc) is 2.14. The minimum absolute atomic E-state index is 0. The molecule has 0 aliphatic rings. The van der Waals surface area contributed by atoms with Gasteiger partial charge in [0, 0.05) is 6.54 Å². The second kappa shape index (κ2) is 8.54. The van der Waals surface area contributed by atoms with Gasteiger partial charge in [-0.25, -0.2) is 0 Å². The minimum atomic E-state index is -1.55. The van der Waals surface area contributed by atoms with Crippen molar-refractivity contribution in [1.29, 1.82) is 0 Å². The van der Waals surface area contributed by atoms with Crippen molar-refractivity contribution in [2.75, 3.05) is 20.2 Å². The van der Waals surface area contributed by atoms with Crippen LogP contribution in [0.25, 0.3) is 0 Å². The first-order valence-corrected chi connectivity index (χ1v) is 4.02. The van der Waals surface area contributed by atoms with Crippen LogP contribution in [0, 0.1) is 0 Å². The van der Waals surface area contributed by atoms with Gasteiger partial charge in [-0.15, -0.1) is 17.0 Å². The normalized spacial score (nSPS) is 19.3. The van der Waals surface area contributed by atoms with Crippen LogP contribution in [0.15, 0.2) is 0 Å². The highest BCUT2D eigenvalue weighted by Crippen LogP contribution is 2.04. The molecule has 0 aromatic carbocycles. The Morgan fingerprint density at radius 2 is 1.43 bits per heavy atom. The van der Waals surface area contributed by atoms with Crippen LogP contribution in [0.5, 0.6) is 0 Å². The number of hydrogen-bond donors (Lipinski definition) is 6. The Morgan fingerprint density at radius 1 is 1.00 bits per heavy atom. The molecule has 7 heteroatoms. The predicted molar refractivity (Wildman–Crippen MR) is 55.4 cm³/mol. The van der Waals surface area contributed by atoms with Crippen molar-refractivity contribution >= 4 is 17.0 Å². The maximum atomic E-state index is 9.21. The van der Waals surface area contributed by atoms with Gasteiger partial charge in [-0.05, 0) is 7.05 Å². The predicted octanol–water partition coefficient (Wildman–Crippen LogP) is -2.78. The fraction of sp³-hybridized carbons (Fsp3) is 1.00. The fourth-order valence-electron chi connectivity index (χ4n) is 0.893. The van der Waals surface area contributed by atoms with Crippen molar-refractivity contribution in [3.63, 3.8) is 0 Å². The van der Waals surface area contributed by atoms with Gasteiger partial charge in [0.05, 0.1) is 12.7 Å². The number of hydrogen-bond acceptors (Lipinski definition) is 6. The van der Waals surface area contributed by atoms with Gasteiger partial charge in [-0.3, -0.25) is 0 Å². The van der Waals surface area contributed by atoms with Crippen LogP contribution in [-0.4, -0.2) is 70.1 Å². The first kappa shape index (κ1) is 16.7. The molecule has 0 spiro atoms. The van der Waals surface area contributed by atoms with Gasteiger partial charge in [0.25, 0.3) is 0 Å². The van der Waals surface area contributed by atoms with E-state index in [0.29, 0.717) is 0 Å².